The van der Waals surface area contributed by atoms with E-state index < -0.39 is 0 Å². The molecule has 0 spiro atoms. The molecule has 2 rings (SSSR count). The molecular weight excluding hydrogens is 208 g/mol. The smallest absolute Gasteiger partial charge is 0.289 e. The maximum Gasteiger partial charge on any atom is 0.289 e. The summed E-state index contributed by atoms with van der Waals surface area (Å²) < 4.78 is 10.6. The molecule has 0 bridgehead atoms. The van der Waals surface area contributed by atoms with Crippen LogP contribution in [0.3, 0.4) is 0 Å². The van der Waals surface area contributed by atoms with Crippen LogP contribution in [0.2, 0.25) is 0 Å². The molecule has 1 unspecified atom stereocenters. The first-order valence-corrected chi connectivity index (χ1v) is 5.40. The average Bonchev–Trinajstić information content (AvgIpc) is 2.77. The monoisotopic (exact) mass is 224 g/mol. The van der Waals surface area contributed by atoms with Gasteiger partial charge in [0.1, 0.15) is 5.76 Å². The fourth-order valence-corrected chi connectivity index (χ4v) is 1.77. The highest BCUT2D eigenvalue weighted by molar-refractivity contribution is 5.91. The Kier molecular flexibility index (Phi) is 3.26. The van der Waals surface area contributed by atoms with Crippen molar-refractivity contribution in [3.63, 3.8) is 0 Å². The molecule has 1 aliphatic heterocycles. The minimum atomic E-state index is -0.0875. The standard InChI is InChI=1S/C11H16N2O3/c1-8-7-15-5-4-13(8)11(14)10-3-2-9(6-12)16-10/h2-3,8H,4-7,12H2,1H3. The Labute approximate surface area is 94.1 Å². The van der Waals surface area contributed by atoms with Crippen LogP contribution in [0.5, 0.6) is 0 Å². The molecular formula is C11H16N2O3. The quantitative estimate of drug-likeness (QED) is 0.798. The number of amides is 1. The van der Waals surface area contributed by atoms with Crippen LogP contribution in [-0.2, 0) is 11.3 Å². The van der Waals surface area contributed by atoms with Gasteiger partial charge in [0, 0.05) is 6.54 Å². The summed E-state index contributed by atoms with van der Waals surface area (Å²) in [5, 5.41) is 0. The summed E-state index contributed by atoms with van der Waals surface area (Å²) in [5.41, 5.74) is 5.43. The van der Waals surface area contributed by atoms with Crippen LogP contribution in [0.15, 0.2) is 16.5 Å². The average molecular weight is 224 g/mol. The zero-order valence-corrected chi connectivity index (χ0v) is 9.31. The van der Waals surface area contributed by atoms with Gasteiger partial charge in [-0.2, -0.15) is 0 Å². The van der Waals surface area contributed by atoms with Crippen LogP contribution in [0.4, 0.5) is 0 Å². The summed E-state index contributed by atoms with van der Waals surface area (Å²) in [4.78, 5) is 13.8. The normalized spacial score (nSPS) is 21.1. The van der Waals surface area contributed by atoms with Crippen LogP contribution in [-0.4, -0.2) is 36.6 Å². The maximum atomic E-state index is 12.1. The number of nitrogens with two attached hydrogens (primary N) is 1. The number of ether oxygens (including phenoxy) is 1. The number of furan rings is 1. The van der Waals surface area contributed by atoms with Gasteiger partial charge in [0.05, 0.1) is 25.8 Å². The molecule has 1 aromatic rings. The van der Waals surface area contributed by atoms with Gasteiger partial charge in [0.25, 0.3) is 5.91 Å². The van der Waals surface area contributed by atoms with Gasteiger partial charge in [-0.3, -0.25) is 4.79 Å². The van der Waals surface area contributed by atoms with Crippen LogP contribution < -0.4 is 5.73 Å². The maximum absolute atomic E-state index is 12.1. The predicted molar refractivity (Wildman–Crippen MR) is 57.9 cm³/mol. The summed E-state index contributed by atoms with van der Waals surface area (Å²) in [6, 6.07) is 3.50. The van der Waals surface area contributed by atoms with E-state index in [1.165, 1.54) is 0 Å². The summed E-state index contributed by atoms with van der Waals surface area (Å²) in [5.74, 6) is 0.897. The number of morpholine rings is 1. The first-order valence-electron chi connectivity index (χ1n) is 5.40. The van der Waals surface area contributed by atoms with E-state index in [0.717, 1.165) is 0 Å². The van der Waals surface area contributed by atoms with Crippen molar-refractivity contribution < 1.29 is 13.9 Å². The van der Waals surface area contributed by atoms with Gasteiger partial charge in [-0.15, -0.1) is 0 Å². The molecule has 5 heteroatoms. The van der Waals surface area contributed by atoms with E-state index in [0.29, 0.717) is 37.8 Å². The van der Waals surface area contributed by atoms with E-state index in [4.69, 9.17) is 14.9 Å². The fourth-order valence-electron chi connectivity index (χ4n) is 1.77. The molecule has 0 aliphatic carbocycles. The molecule has 88 valence electrons. The van der Waals surface area contributed by atoms with Crippen molar-refractivity contribution in [1.29, 1.82) is 0 Å². The van der Waals surface area contributed by atoms with Gasteiger partial charge in [-0.25, -0.2) is 0 Å². The minimum absolute atomic E-state index is 0.0875. The predicted octanol–water partition coefficient (Wildman–Crippen LogP) is 0.599. The van der Waals surface area contributed by atoms with E-state index in [-0.39, 0.29) is 11.9 Å². The fraction of sp³-hybridized carbons (Fsp3) is 0.545. The van der Waals surface area contributed by atoms with Gasteiger partial charge < -0.3 is 19.8 Å². The Hall–Kier alpha value is -1.33. The Morgan fingerprint density at radius 3 is 3.06 bits per heavy atom. The summed E-state index contributed by atoms with van der Waals surface area (Å²) in [6.07, 6.45) is 0. The van der Waals surface area contributed by atoms with E-state index in [2.05, 4.69) is 0 Å². The first-order chi connectivity index (χ1) is 7.72. The molecule has 5 nitrogen and oxygen atoms in total. The van der Waals surface area contributed by atoms with E-state index >= 15 is 0 Å². The lowest BCUT2D eigenvalue weighted by Crippen LogP contribution is -2.47. The van der Waals surface area contributed by atoms with Crippen LogP contribution >= 0.6 is 0 Å². The third-order valence-electron chi connectivity index (χ3n) is 2.70. The van der Waals surface area contributed by atoms with E-state index in [1.807, 2.05) is 6.92 Å². The lowest BCUT2D eigenvalue weighted by atomic mass is 10.2. The highest BCUT2D eigenvalue weighted by Crippen LogP contribution is 2.14. The van der Waals surface area contributed by atoms with Crippen molar-refractivity contribution in [2.45, 2.75) is 19.5 Å². The molecule has 1 atom stereocenters. The van der Waals surface area contributed by atoms with E-state index in [9.17, 15) is 4.79 Å². The largest absolute Gasteiger partial charge is 0.455 e. The second kappa shape index (κ2) is 4.67. The van der Waals surface area contributed by atoms with Crippen molar-refractivity contribution in [1.82, 2.24) is 4.90 Å². The van der Waals surface area contributed by atoms with Crippen molar-refractivity contribution in [3.8, 4) is 0 Å². The molecule has 2 N–H and O–H groups in total. The second-order valence-corrected chi connectivity index (χ2v) is 3.89. The number of hydrogen-bond acceptors (Lipinski definition) is 4. The Balaban J connectivity index is 2.11. The summed E-state index contributed by atoms with van der Waals surface area (Å²) >= 11 is 0. The molecule has 1 aromatic heterocycles. The number of carbonyl (C=O) groups excluding carboxylic acids is 1. The highest BCUT2D eigenvalue weighted by Gasteiger charge is 2.26. The van der Waals surface area contributed by atoms with Crippen LogP contribution in [0.25, 0.3) is 0 Å². The Morgan fingerprint density at radius 1 is 1.62 bits per heavy atom. The van der Waals surface area contributed by atoms with Crippen molar-refractivity contribution >= 4 is 5.91 Å². The van der Waals surface area contributed by atoms with Gasteiger partial charge in [0.15, 0.2) is 5.76 Å². The van der Waals surface area contributed by atoms with Gasteiger partial charge in [0.2, 0.25) is 0 Å². The SMILES string of the molecule is CC1COCCN1C(=O)c1ccc(CN)o1. The number of nitrogens with zero attached hydrogens (tertiary/aromatic N) is 1. The first kappa shape index (κ1) is 11.2. The third-order valence-corrected chi connectivity index (χ3v) is 2.70. The summed E-state index contributed by atoms with van der Waals surface area (Å²) in [6.45, 7) is 4.05. The van der Waals surface area contributed by atoms with Crippen molar-refractivity contribution in [2.75, 3.05) is 19.8 Å². The van der Waals surface area contributed by atoms with Crippen LogP contribution in [0.1, 0.15) is 23.2 Å². The molecule has 1 aliphatic rings. The highest BCUT2D eigenvalue weighted by atomic mass is 16.5. The molecule has 2 heterocycles. The Morgan fingerprint density at radius 2 is 2.44 bits per heavy atom. The van der Waals surface area contributed by atoms with Crippen molar-refractivity contribution in [2.24, 2.45) is 5.73 Å². The Bertz CT molecular complexity index is 375. The summed E-state index contributed by atoms with van der Waals surface area (Å²) in [7, 11) is 0. The lowest BCUT2D eigenvalue weighted by Gasteiger charge is -2.32. The number of carbonyl (C=O) groups is 1. The zero-order chi connectivity index (χ0) is 11.5. The second-order valence-electron chi connectivity index (χ2n) is 3.89. The van der Waals surface area contributed by atoms with Gasteiger partial charge in [-0.1, -0.05) is 0 Å². The topological polar surface area (TPSA) is 68.7 Å². The minimum Gasteiger partial charge on any atom is -0.455 e. The molecule has 0 radical (unpaired) electrons. The van der Waals surface area contributed by atoms with Crippen molar-refractivity contribution in [3.05, 3.63) is 23.7 Å². The molecule has 0 saturated carbocycles. The zero-order valence-electron chi connectivity index (χ0n) is 9.31. The number of hydrogen-bond donors (Lipinski definition) is 1. The van der Waals surface area contributed by atoms with Crippen LogP contribution in [0, 0.1) is 0 Å². The molecule has 0 aromatic carbocycles. The molecule has 1 fully saturated rings. The van der Waals surface area contributed by atoms with Gasteiger partial charge in [-0.05, 0) is 19.1 Å². The molecule has 1 saturated heterocycles. The molecule has 16 heavy (non-hydrogen) atoms. The number of rotatable bonds is 2. The third kappa shape index (κ3) is 2.10. The molecule has 1 amide bonds. The van der Waals surface area contributed by atoms with Gasteiger partial charge >= 0.3 is 0 Å². The van der Waals surface area contributed by atoms with E-state index in [1.54, 1.807) is 17.0 Å². The lowest BCUT2D eigenvalue weighted by molar-refractivity contribution is 0.00189.